The Bertz CT molecular complexity index is 581. The fraction of sp³-hybridized carbons (Fsp3) is 0.538. The zero-order valence-electron chi connectivity index (χ0n) is 11.3. The minimum Gasteiger partial charge on any atom is -0.378 e. The van der Waals surface area contributed by atoms with Gasteiger partial charge in [0.1, 0.15) is 0 Å². The van der Waals surface area contributed by atoms with Crippen LogP contribution in [-0.2, 0) is 24.8 Å². The number of benzene rings is 1. The van der Waals surface area contributed by atoms with Crippen molar-refractivity contribution in [3.8, 4) is 0 Å². The van der Waals surface area contributed by atoms with E-state index in [0.717, 1.165) is 37.6 Å². The average Bonchev–Trinajstić information content (AvgIpc) is 2.75. The van der Waals surface area contributed by atoms with E-state index >= 15 is 0 Å². The molecule has 1 atom stereocenters. The summed E-state index contributed by atoms with van der Waals surface area (Å²) in [5.74, 6) is 0. The van der Waals surface area contributed by atoms with Crippen LogP contribution in [0.5, 0.6) is 0 Å². The van der Waals surface area contributed by atoms with Gasteiger partial charge in [0.15, 0.2) is 0 Å². The van der Waals surface area contributed by atoms with Crippen molar-refractivity contribution in [2.24, 2.45) is 0 Å². The summed E-state index contributed by atoms with van der Waals surface area (Å²) in [6.07, 6.45) is 0. The van der Waals surface area contributed by atoms with Gasteiger partial charge in [0.05, 0.1) is 25.4 Å². The Morgan fingerprint density at radius 2 is 1.85 bits per heavy atom. The average molecular weight is 298 g/mol. The van der Waals surface area contributed by atoms with E-state index < -0.39 is 15.8 Å². The van der Waals surface area contributed by atoms with Gasteiger partial charge in [-0.05, 0) is 24.6 Å². The zero-order chi connectivity index (χ0) is 14.2. The molecule has 0 aliphatic carbocycles. The number of ether oxygens (including phenoxy) is 1. The van der Waals surface area contributed by atoms with Crippen LogP contribution in [0, 0.1) is 0 Å². The molecule has 2 aliphatic heterocycles. The summed E-state index contributed by atoms with van der Waals surface area (Å²) in [5, 5.41) is 0. The summed E-state index contributed by atoms with van der Waals surface area (Å²) >= 11 is 0. The molecule has 0 bridgehead atoms. The second-order valence-electron chi connectivity index (χ2n) is 5.30. The Labute approximate surface area is 118 Å². The molecule has 7 heteroatoms. The Balaban J connectivity index is 1.79. The second-order valence-corrected chi connectivity index (χ2v) is 6.64. The van der Waals surface area contributed by atoms with E-state index in [1.165, 1.54) is 0 Å². The number of hydrogen-bond acceptors (Lipinski definition) is 5. The van der Waals surface area contributed by atoms with E-state index in [9.17, 15) is 8.42 Å². The summed E-state index contributed by atoms with van der Waals surface area (Å²) in [4.78, 5) is 2.25. The first kappa shape index (κ1) is 13.8. The predicted molar refractivity (Wildman–Crippen MR) is 74.8 cm³/mol. The standard InChI is InChI=1S/C13H18N2O4S/c1-13(10-19-20(16,17)14-13)11-2-4-12(5-3-11)15-6-8-18-9-7-15/h2-5,14H,6-10H2,1H3/t13-/m0/s1. The summed E-state index contributed by atoms with van der Waals surface area (Å²) in [5.41, 5.74) is 1.33. The molecule has 20 heavy (non-hydrogen) atoms. The number of hydrogen-bond donors (Lipinski definition) is 1. The van der Waals surface area contributed by atoms with Crippen LogP contribution in [0.25, 0.3) is 0 Å². The fourth-order valence-corrected chi connectivity index (χ4v) is 3.71. The lowest BCUT2D eigenvalue weighted by Gasteiger charge is -2.29. The molecule has 2 saturated heterocycles. The van der Waals surface area contributed by atoms with Crippen molar-refractivity contribution < 1.29 is 17.3 Å². The molecule has 0 saturated carbocycles. The highest BCUT2D eigenvalue weighted by Gasteiger charge is 2.40. The molecular weight excluding hydrogens is 280 g/mol. The lowest BCUT2D eigenvalue weighted by Crippen LogP contribution is -2.38. The van der Waals surface area contributed by atoms with Crippen LogP contribution in [0.3, 0.4) is 0 Å². The lowest BCUT2D eigenvalue weighted by molar-refractivity contribution is 0.122. The third kappa shape index (κ3) is 2.67. The molecule has 110 valence electrons. The van der Waals surface area contributed by atoms with Gasteiger partial charge in [-0.1, -0.05) is 12.1 Å². The second kappa shape index (κ2) is 5.00. The molecule has 3 rings (SSSR count). The van der Waals surface area contributed by atoms with E-state index in [2.05, 4.69) is 9.62 Å². The van der Waals surface area contributed by atoms with Gasteiger partial charge < -0.3 is 9.64 Å². The van der Waals surface area contributed by atoms with Crippen molar-refractivity contribution in [3.63, 3.8) is 0 Å². The molecular formula is C13H18N2O4S. The van der Waals surface area contributed by atoms with Crippen molar-refractivity contribution in [1.82, 2.24) is 4.72 Å². The van der Waals surface area contributed by atoms with E-state index in [1.807, 2.05) is 31.2 Å². The minimum absolute atomic E-state index is 0.117. The monoisotopic (exact) mass is 298 g/mol. The van der Waals surface area contributed by atoms with Crippen LogP contribution in [0.4, 0.5) is 5.69 Å². The fourth-order valence-electron chi connectivity index (χ4n) is 2.53. The van der Waals surface area contributed by atoms with E-state index in [4.69, 9.17) is 8.92 Å². The molecule has 1 aromatic carbocycles. The van der Waals surface area contributed by atoms with Crippen molar-refractivity contribution in [2.45, 2.75) is 12.5 Å². The first-order valence-electron chi connectivity index (χ1n) is 6.60. The van der Waals surface area contributed by atoms with Crippen LogP contribution in [0.15, 0.2) is 24.3 Å². The van der Waals surface area contributed by atoms with Crippen molar-refractivity contribution >= 4 is 16.0 Å². The smallest absolute Gasteiger partial charge is 0.336 e. The molecule has 1 aromatic rings. The number of rotatable bonds is 2. The molecule has 2 aliphatic rings. The third-order valence-electron chi connectivity index (χ3n) is 3.73. The summed E-state index contributed by atoms with van der Waals surface area (Å²) in [6, 6.07) is 7.92. The maximum absolute atomic E-state index is 11.4. The van der Waals surface area contributed by atoms with Gasteiger partial charge in [-0.15, -0.1) is 0 Å². The third-order valence-corrected chi connectivity index (χ3v) is 4.86. The number of anilines is 1. The Hall–Kier alpha value is -1.15. The molecule has 0 spiro atoms. The Morgan fingerprint density at radius 3 is 2.40 bits per heavy atom. The van der Waals surface area contributed by atoms with Crippen molar-refractivity contribution in [3.05, 3.63) is 29.8 Å². The minimum atomic E-state index is -3.61. The largest absolute Gasteiger partial charge is 0.378 e. The summed E-state index contributed by atoms with van der Waals surface area (Å²) < 4.78 is 35.4. The molecule has 2 fully saturated rings. The first-order chi connectivity index (χ1) is 9.49. The zero-order valence-corrected chi connectivity index (χ0v) is 12.1. The molecule has 2 heterocycles. The van der Waals surface area contributed by atoms with Gasteiger partial charge in [-0.25, -0.2) is 0 Å². The van der Waals surface area contributed by atoms with Gasteiger partial charge in [0, 0.05) is 18.8 Å². The molecule has 0 unspecified atom stereocenters. The Kier molecular flexibility index (Phi) is 3.45. The van der Waals surface area contributed by atoms with Gasteiger partial charge in [0.25, 0.3) is 0 Å². The number of nitrogens with one attached hydrogen (secondary N) is 1. The van der Waals surface area contributed by atoms with Gasteiger partial charge in [-0.2, -0.15) is 13.1 Å². The van der Waals surface area contributed by atoms with Gasteiger partial charge in [-0.3, -0.25) is 4.18 Å². The Morgan fingerprint density at radius 1 is 1.20 bits per heavy atom. The highest BCUT2D eigenvalue weighted by Crippen LogP contribution is 2.29. The quantitative estimate of drug-likeness (QED) is 0.866. The first-order valence-corrected chi connectivity index (χ1v) is 8.01. The summed E-state index contributed by atoms with van der Waals surface area (Å²) in [7, 11) is -3.61. The maximum atomic E-state index is 11.4. The number of nitrogens with zero attached hydrogens (tertiary/aromatic N) is 1. The van der Waals surface area contributed by atoms with Gasteiger partial charge >= 0.3 is 10.3 Å². The van der Waals surface area contributed by atoms with Crippen molar-refractivity contribution in [2.75, 3.05) is 37.8 Å². The van der Waals surface area contributed by atoms with Crippen molar-refractivity contribution in [1.29, 1.82) is 0 Å². The van der Waals surface area contributed by atoms with Crippen LogP contribution in [-0.4, -0.2) is 41.3 Å². The number of morpholine rings is 1. The van der Waals surface area contributed by atoms with Crippen LogP contribution in [0.2, 0.25) is 0 Å². The lowest BCUT2D eigenvalue weighted by atomic mass is 9.94. The predicted octanol–water partition coefficient (Wildman–Crippen LogP) is 0.603. The highest BCUT2D eigenvalue weighted by molar-refractivity contribution is 7.85. The maximum Gasteiger partial charge on any atom is 0.336 e. The molecule has 0 aromatic heterocycles. The van der Waals surface area contributed by atoms with E-state index in [0.29, 0.717) is 0 Å². The molecule has 1 N–H and O–H groups in total. The SMILES string of the molecule is C[C@@]1(c2ccc(N3CCOCC3)cc2)COS(=O)(=O)N1. The summed E-state index contributed by atoms with van der Waals surface area (Å²) in [6.45, 7) is 5.19. The van der Waals surface area contributed by atoms with E-state index in [-0.39, 0.29) is 6.61 Å². The van der Waals surface area contributed by atoms with E-state index in [1.54, 1.807) is 0 Å². The van der Waals surface area contributed by atoms with Gasteiger partial charge in [0.2, 0.25) is 0 Å². The molecule has 0 radical (unpaired) electrons. The van der Waals surface area contributed by atoms with Crippen LogP contribution < -0.4 is 9.62 Å². The highest BCUT2D eigenvalue weighted by atomic mass is 32.2. The topological polar surface area (TPSA) is 67.9 Å². The molecule has 6 nitrogen and oxygen atoms in total. The van der Waals surface area contributed by atoms with Crippen LogP contribution >= 0.6 is 0 Å². The molecule has 0 amide bonds. The normalized spacial score (nSPS) is 29.6. The van der Waals surface area contributed by atoms with Crippen LogP contribution in [0.1, 0.15) is 12.5 Å².